The summed E-state index contributed by atoms with van der Waals surface area (Å²) in [7, 11) is 0. The van der Waals surface area contributed by atoms with Gasteiger partial charge in [0.25, 0.3) is 0 Å². The molecular formula is C14H13N3. The molecule has 0 amide bonds. The Labute approximate surface area is 101 Å². The Morgan fingerprint density at radius 3 is 2.65 bits per heavy atom. The molecule has 2 rings (SSSR count). The predicted octanol–water partition coefficient (Wildman–Crippen LogP) is 3.19. The van der Waals surface area contributed by atoms with Gasteiger partial charge in [-0.25, -0.2) is 0 Å². The van der Waals surface area contributed by atoms with Gasteiger partial charge in [-0.05, 0) is 36.8 Å². The van der Waals surface area contributed by atoms with Crippen LogP contribution < -0.4 is 11.1 Å². The van der Waals surface area contributed by atoms with Crippen LogP contribution in [0, 0.1) is 18.3 Å². The quantitative estimate of drug-likeness (QED) is 0.768. The molecule has 0 saturated heterocycles. The van der Waals surface area contributed by atoms with Crippen LogP contribution in [-0.4, -0.2) is 0 Å². The highest BCUT2D eigenvalue weighted by Crippen LogP contribution is 2.26. The molecule has 0 heterocycles. The Morgan fingerprint density at radius 2 is 1.94 bits per heavy atom. The molecule has 0 aliphatic carbocycles. The van der Waals surface area contributed by atoms with Crippen molar-refractivity contribution in [3.05, 3.63) is 53.6 Å². The van der Waals surface area contributed by atoms with Crippen LogP contribution in [0.5, 0.6) is 0 Å². The Balaban J connectivity index is 2.35. The van der Waals surface area contributed by atoms with Gasteiger partial charge in [0.1, 0.15) is 0 Å². The van der Waals surface area contributed by atoms with Crippen LogP contribution >= 0.6 is 0 Å². The molecule has 0 atom stereocenters. The summed E-state index contributed by atoms with van der Waals surface area (Å²) >= 11 is 0. The fourth-order valence-corrected chi connectivity index (χ4v) is 1.67. The number of nitrogens with zero attached hydrogens (tertiary/aromatic N) is 1. The molecule has 0 aromatic heterocycles. The van der Waals surface area contributed by atoms with E-state index >= 15 is 0 Å². The summed E-state index contributed by atoms with van der Waals surface area (Å²) in [6.45, 7) is 1.99. The van der Waals surface area contributed by atoms with E-state index in [4.69, 9.17) is 11.0 Å². The maximum absolute atomic E-state index is 8.83. The first-order valence-corrected chi connectivity index (χ1v) is 5.33. The lowest BCUT2D eigenvalue weighted by atomic mass is 10.1. The van der Waals surface area contributed by atoms with Gasteiger partial charge in [-0.2, -0.15) is 5.26 Å². The van der Waals surface area contributed by atoms with Crippen molar-refractivity contribution in [1.82, 2.24) is 0 Å². The number of nitrogens with two attached hydrogens (primary N) is 1. The van der Waals surface area contributed by atoms with Gasteiger partial charge in [-0.3, -0.25) is 0 Å². The van der Waals surface area contributed by atoms with E-state index in [0.29, 0.717) is 11.3 Å². The molecule has 0 unspecified atom stereocenters. The number of para-hydroxylation sites is 1. The molecule has 0 saturated carbocycles. The molecule has 0 aliphatic rings. The lowest BCUT2D eigenvalue weighted by Crippen LogP contribution is -1.98. The second kappa shape index (κ2) is 4.58. The van der Waals surface area contributed by atoms with Crippen molar-refractivity contribution in [3.63, 3.8) is 0 Å². The molecule has 84 valence electrons. The van der Waals surface area contributed by atoms with Gasteiger partial charge in [0.2, 0.25) is 0 Å². The fraction of sp³-hybridized carbons (Fsp3) is 0.0714. The number of nitriles is 1. The second-order valence-electron chi connectivity index (χ2n) is 3.86. The van der Waals surface area contributed by atoms with Crippen molar-refractivity contribution < 1.29 is 0 Å². The van der Waals surface area contributed by atoms with Crippen LogP contribution in [0.4, 0.5) is 17.1 Å². The number of nitrogens with one attached hydrogen (secondary N) is 1. The van der Waals surface area contributed by atoms with E-state index in [0.717, 1.165) is 16.9 Å². The Hall–Kier alpha value is -2.47. The fourth-order valence-electron chi connectivity index (χ4n) is 1.67. The standard InChI is InChI=1S/C14H13N3/c1-10-4-2-7-13(16)14(10)17-12-6-3-5-11(8-12)9-15/h2-8,17H,16H2,1H3. The van der Waals surface area contributed by atoms with Crippen molar-refractivity contribution >= 4 is 17.1 Å². The van der Waals surface area contributed by atoms with Crippen LogP contribution in [0.1, 0.15) is 11.1 Å². The highest BCUT2D eigenvalue weighted by Gasteiger charge is 2.03. The first-order chi connectivity index (χ1) is 8.20. The lowest BCUT2D eigenvalue weighted by molar-refractivity contribution is 1.42. The first kappa shape index (κ1) is 11.0. The highest BCUT2D eigenvalue weighted by atomic mass is 14.9. The second-order valence-corrected chi connectivity index (χ2v) is 3.86. The van der Waals surface area contributed by atoms with Crippen LogP contribution in [0.15, 0.2) is 42.5 Å². The molecule has 0 bridgehead atoms. The molecule has 3 nitrogen and oxygen atoms in total. The van der Waals surface area contributed by atoms with Crippen LogP contribution in [0.25, 0.3) is 0 Å². The van der Waals surface area contributed by atoms with Gasteiger partial charge in [-0.1, -0.05) is 18.2 Å². The monoisotopic (exact) mass is 223 g/mol. The number of anilines is 3. The van der Waals surface area contributed by atoms with E-state index in [9.17, 15) is 0 Å². The Morgan fingerprint density at radius 1 is 1.18 bits per heavy atom. The maximum Gasteiger partial charge on any atom is 0.0992 e. The van der Waals surface area contributed by atoms with Crippen molar-refractivity contribution in [2.45, 2.75) is 6.92 Å². The molecule has 0 aliphatic heterocycles. The topological polar surface area (TPSA) is 61.8 Å². The van der Waals surface area contributed by atoms with E-state index in [1.54, 1.807) is 12.1 Å². The van der Waals surface area contributed by atoms with Crippen LogP contribution in [0.2, 0.25) is 0 Å². The normalized spacial score (nSPS) is 9.65. The van der Waals surface area contributed by atoms with E-state index in [-0.39, 0.29) is 0 Å². The molecule has 0 spiro atoms. The molecule has 2 aromatic rings. The van der Waals surface area contributed by atoms with Crippen molar-refractivity contribution in [3.8, 4) is 6.07 Å². The van der Waals surface area contributed by atoms with E-state index in [2.05, 4.69) is 11.4 Å². The number of hydrogen-bond donors (Lipinski definition) is 2. The van der Waals surface area contributed by atoms with Crippen molar-refractivity contribution in [2.75, 3.05) is 11.1 Å². The highest BCUT2D eigenvalue weighted by molar-refractivity contribution is 5.75. The third-order valence-electron chi connectivity index (χ3n) is 2.57. The molecule has 17 heavy (non-hydrogen) atoms. The number of rotatable bonds is 2. The summed E-state index contributed by atoms with van der Waals surface area (Å²) in [6, 6.07) is 15.2. The average molecular weight is 223 g/mol. The third kappa shape index (κ3) is 2.37. The van der Waals surface area contributed by atoms with Gasteiger partial charge in [-0.15, -0.1) is 0 Å². The zero-order chi connectivity index (χ0) is 12.3. The molecule has 3 heteroatoms. The molecule has 0 fully saturated rings. The van der Waals surface area contributed by atoms with Gasteiger partial charge in [0, 0.05) is 5.69 Å². The molecule has 0 radical (unpaired) electrons. The maximum atomic E-state index is 8.83. The van der Waals surface area contributed by atoms with Gasteiger partial charge < -0.3 is 11.1 Å². The average Bonchev–Trinajstić information content (AvgIpc) is 2.34. The van der Waals surface area contributed by atoms with E-state index < -0.39 is 0 Å². The lowest BCUT2D eigenvalue weighted by Gasteiger charge is -2.12. The summed E-state index contributed by atoms with van der Waals surface area (Å²) in [4.78, 5) is 0. The van der Waals surface area contributed by atoms with Gasteiger partial charge in [0.15, 0.2) is 0 Å². The number of benzene rings is 2. The minimum atomic E-state index is 0.627. The third-order valence-corrected chi connectivity index (χ3v) is 2.57. The van der Waals surface area contributed by atoms with Crippen LogP contribution in [0.3, 0.4) is 0 Å². The summed E-state index contributed by atoms with van der Waals surface area (Å²) in [5.74, 6) is 0. The first-order valence-electron chi connectivity index (χ1n) is 5.33. The number of nitrogen functional groups attached to an aromatic ring is 1. The SMILES string of the molecule is Cc1cccc(N)c1Nc1cccc(C#N)c1. The number of hydrogen-bond acceptors (Lipinski definition) is 3. The van der Waals surface area contributed by atoms with E-state index in [1.807, 2.05) is 37.3 Å². The zero-order valence-corrected chi connectivity index (χ0v) is 9.57. The summed E-state index contributed by atoms with van der Waals surface area (Å²) in [6.07, 6.45) is 0. The predicted molar refractivity (Wildman–Crippen MR) is 70.0 cm³/mol. The van der Waals surface area contributed by atoms with Gasteiger partial charge in [0.05, 0.1) is 23.0 Å². The molecule has 3 N–H and O–H groups in total. The summed E-state index contributed by atoms with van der Waals surface area (Å²) in [5, 5.41) is 12.1. The smallest absolute Gasteiger partial charge is 0.0992 e. The minimum absolute atomic E-state index is 0.627. The summed E-state index contributed by atoms with van der Waals surface area (Å²) in [5.41, 5.74) is 10.1. The molecule has 2 aromatic carbocycles. The largest absolute Gasteiger partial charge is 0.397 e. The Bertz CT molecular complexity index is 562. The van der Waals surface area contributed by atoms with Gasteiger partial charge >= 0.3 is 0 Å². The van der Waals surface area contributed by atoms with Crippen LogP contribution in [-0.2, 0) is 0 Å². The van der Waals surface area contributed by atoms with Crippen molar-refractivity contribution in [1.29, 1.82) is 5.26 Å². The Kier molecular flexibility index (Phi) is 2.97. The van der Waals surface area contributed by atoms with Crippen molar-refractivity contribution in [2.24, 2.45) is 0 Å². The molecular weight excluding hydrogens is 210 g/mol. The summed E-state index contributed by atoms with van der Waals surface area (Å²) < 4.78 is 0. The number of aryl methyl sites for hydroxylation is 1. The zero-order valence-electron chi connectivity index (χ0n) is 9.57. The minimum Gasteiger partial charge on any atom is -0.397 e. The van der Waals surface area contributed by atoms with E-state index in [1.165, 1.54) is 0 Å².